The van der Waals surface area contributed by atoms with E-state index in [-0.39, 0.29) is 23.6 Å². The van der Waals surface area contributed by atoms with E-state index in [1.165, 1.54) is 17.0 Å². The number of phenols is 1. The number of Topliss-reactive ketones (excluding diaryl/α,β-unsaturated/α-hetero) is 1. The Morgan fingerprint density at radius 2 is 1.82 bits per heavy atom. The smallest absolute Gasteiger partial charge is 0.295 e. The van der Waals surface area contributed by atoms with E-state index in [1.54, 1.807) is 60.9 Å². The zero-order valence-corrected chi connectivity index (χ0v) is 17.7. The Hall–Kier alpha value is -4.39. The van der Waals surface area contributed by atoms with Crippen LogP contribution in [-0.2, 0) is 16.1 Å². The molecule has 166 valence electrons. The maximum Gasteiger partial charge on any atom is 0.295 e. The molecule has 4 rings (SSSR count). The number of aromatic nitrogens is 1. The highest BCUT2D eigenvalue weighted by molar-refractivity contribution is 6.46. The van der Waals surface area contributed by atoms with Crippen LogP contribution in [0.25, 0.3) is 5.76 Å². The number of nitrogens with zero attached hydrogens (tertiary/aromatic N) is 2. The average Bonchev–Trinajstić information content (AvgIpc) is 3.08. The lowest BCUT2D eigenvalue weighted by Gasteiger charge is -2.25. The molecule has 7 heteroatoms. The highest BCUT2D eigenvalue weighted by Crippen LogP contribution is 2.40. The van der Waals surface area contributed by atoms with Gasteiger partial charge in [-0.1, -0.05) is 30.9 Å². The molecule has 1 saturated heterocycles. The van der Waals surface area contributed by atoms with Gasteiger partial charge in [-0.25, -0.2) is 0 Å². The molecule has 0 radical (unpaired) electrons. The van der Waals surface area contributed by atoms with Gasteiger partial charge in [-0.05, 0) is 53.6 Å². The summed E-state index contributed by atoms with van der Waals surface area (Å²) in [4.78, 5) is 31.6. The van der Waals surface area contributed by atoms with Crippen molar-refractivity contribution in [2.75, 3.05) is 6.61 Å². The Morgan fingerprint density at radius 1 is 1.09 bits per heavy atom. The lowest BCUT2D eigenvalue weighted by Crippen LogP contribution is -2.29. The van der Waals surface area contributed by atoms with Gasteiger partial charge in [0.2, 0.25) is 0 Å². The van der Waals surface area contributed by atoms with Crippen molar-refractivity contribution in [3.05, 3.63) is 108 Å². The summed E-state index contributed by atoms with van der Waals surface area (Å²) in [5.74, 6) is -1.14. The molecule has 0 spiro atoms. The second kappa shape index (κ2) is 9.40. The molecule has 1 aliphatic heterocycles. The van der Waals surface area contributed by atoms with Gasteiger partial charge in [-0.2, -0.15) is 0 Å². The Labute approximate surface area is 190 Å². The molecule has 7 nitrogen and oxygen atoms in total. The average molecular weight is 442 g/mol. The van der Waals surface area contributed by atoms with E-state index in [0.29, 0.717) is 23.5 Å². The van der Waals surface area contributed by atoms with E-state index in [1.807, 2.05) is 6.07 Å². The number of aliphatic hydroxyl groups excluding tert-OH is 1. The van der Waals surface area contributed by atoms with Crippen LogP contribution in [0, 0.1) is 0 Å². The Morgan fingerprint density at radius 3 is 2.45 bits per heavy atom. The lowest BCUT2D eigenvalue weighted by atomic mass is 9.95. The maximum atomic E-state index is 13.1. The maximum absolute atomic E-state index is 13.1. The summed E-state index contributed by atoms with van der Waals surface area (Å²) in [6, 6.07) is 15.5. The van der Waals surface area contributed by atoms with Gasteiger partial charge in [0.1, 0.15) is 23.9 Å². The third-order valence-corrected chi connectivity index (χ3v) is 5.32. The third-order valence-electron chi connectivity index (χ3n) is 5.32. The fourth-order valence-electron chi connectivity index (χ4n) is 3.75. The number of likely N-dealkylation sites (tertiary alicyclic amines) is 1. The number of carbonyl (C=O) groups is 2. The van der Waals surface area contributed by atoms with Gasteiger partial charge in [0.15, 0.2) is 0 Å². The SMILES string of the molecule is C=CCOc1ccc(/C(O)=C2\C(=O)C(=O)N(Cc3cccnc3)[C@H]2c2ccc(O)cc2)cc1. The van der Waals surface area contributed by atoms with Crippen LogP contribution in [0.1, 0.15) is 22.7 Å². The van der Waals surface area contributed by atoms with Crippen molar-refractivity contribution in [1.82, 2.24) is 9.88 Å². The Bertz CT molecular complexity index is 1200. The summed E-state index contributed by atoms with van der Waals surface area (Å²) in [6.45, 7) is 4.08. The van der Waals surface area contributed by atoms with Crippen LogP contribution < -0.4 is 4.74 Å². The molecule has 33 heavy (non-hydrogen) atoms. The van der Waals surface area contributed by atoms with Crippen LogP contribution in [-0.4, -0.2) is 38.4 Å². The molecule has 1 aromatic heterocycles. The number of rotatable bonds is 7. The summed E-state index contributed by atoms with van der Waals surface area (Å²) in [5, 5.41) is 20.8. The topological polar surface area (TPSA) is 100.0 Å². The van der Waals surface area contributed by atoms with Gasteiger partial charge in [0.25, 0.3) is 11.7 Å². The van der Waals surface area contributed by atoms with Crippen LogP contribution in [0.2, 0.25) is 0 Å². The van der Waals surface area contributed by atoms with Crippen molar-refractivity contribution >= 4 is 17.4 Å². The Balaban J connectivity index is 1.78. The number of ether oxygens (including phenoxy) is 1. The molecule has 0 bridgehead atoms. The molecule has 2 N–H and O–H groups in total. The first kappa shape index (κ1) is 21.8. The summed E-state index contributed by atoms with van der Waals surface area (Å²) < 4.78 is 5.46. The van der Waals surface area contributed by atoms with E-state index < -0.39 is 17.7 Å². The number of aromatic hydroxyl groups is 1. The minimum absolute atomic E-state index is 0.0191. The highest BCUT2D eigenvalue weighted by Gasteiger charge is 2.46. The minimum Gasteiger partial charge on any atom is -0.508 e. The number of benzene rings is 2. The number of phenolic OH excluding ortho intramolecular Hbond substituents is 1. The van der Waals surface area contributed by atoms with Gasteiger partial charge in [0, 0.05) is 24.5 Å². The predicted molar refractivity (Wildman–Crippen MR) is 122 cm³/mol. The van der Waals surface area contributed by atoms with E-state index in [0.717, 1.165) is 5.56 Å². The van der Waals surface area contributed by atoms with E-state index >= 15 is 0 Å². The summed E-state index contributed by atoms with van der Waals surface area (Å²) >= 11 is 0. The van der Waals surface area contributed by atoms with Crippen molar-refractivity contribution in [2.45, 2.75) is 12.6 Å². The molecule has 1 aliphatic rings. The van der Waals surface area contributed by atoms with Crippen molar-refractivity contribution in [1.29, 1.82) is 0 Å². The largest absolute Gasteiger partial charge is 0.508 e. The van der Waals surface area contributed by atoms with Crippen molar-refractivity contribution in [3.8, 4) is 11.5 Å². The van der Waals surface area contributed by atoms with Gasteiger partial charge in [-0.15, -0.1) is 0 Å². The van der Waals surface area contributed by atoms with Crippen LogP contribution in [0.4, 0.5) is 0 Å². The molecule has 2 aromatic carbocycles. The van der Waals surface area contributed by atoms with Crippen molar-refractivity contribution in [3.63, 3.8) is 0 Å². The molecule has 2 heterocycles. The third kappa shape index (κ3) is 4.48. The molecule has 1 fully saturated rings. The Kier molecular flexibility index (Phi) is 6.22. The van der Waals surface area contributed by atoms with E-state index in [2.05, 4.69) is 11.6 Å². The molecular formula is C26H22N2O5. The van der Waals surface area contributed by atoms with Crippen LogP contribution in [0.3, 0.4) is 0 Å². The number of ketones is 1. The van der Waals surface area contributed by atoms with Crippen LogP contribution in [0.5, 0.6) is 11.5 Å². The normalized spacial score (nSPS) is 17.2. The molecule has 3 aromatic rings. The van der Waals surface area contributed by atoms with Gasteiger partial charge in [0.05, 0.1) is 11.6 Å². The zero-order chi connectivity index (χ0) is 23.4. The number of aliphatic hydroxyl groups is 1. The van der Waals surface area contributed by atoms with Gasteiger partial charge in [-0.3, -0.25) is 14.6 Å². The zero-order valence-electron chi connectivity index (χ0n) is 17.7. The van der Waals surface area contributed by atoms with E-state index in [9.17, 15) is 19.8 Å². The number of hydrogen-bond donors (Lipinski definition) is 2. The van der Waals surface area contributed by atoms with Crippen molar-refractivity contribution < 1.29 is 24.5 Å². The first-order valence-electron chi connectivity index (χ1n) is 10.3. The number of amides is 1. The standard InChI is InChI=1S/C26H22N2O5/c1-2-14-33-21-11-7-19(8-12-21)24(30)22-23(18-5-9-20(29)10-6-18)28(26(32)25(22)31)16-17-4-3-13-27-15-17/h2-13,15,23,29-30H,1,14,16H2/b24-22+/t23-/m0/s1. The molecule has 1 amide bonds. The number of hydrogen-bond acceptors (Lipinski definition) is 6. The molecule has 0 aliphatic carbocycles. The lowest BCUT2D eigenvalue weighted by molar-refractivity contribution is -0.140. The quantitative estimate of drug-likeness (QED) is 0.249. The van der Waals surface area contributed by atoms with E-state index in [4.69, 9.17) is 4.74 Å². The molecule has 0 saturated carbocycles. The van der Waals surface area contributed by atoms with Gasteiger partial charge >= 0.3 is 0 Å². The number of carbonyl (C=O) groups excluding carboxylic acids is 2. The first-order chi connectivity index (χ1) is 16.0. The molecule has 1 atom stereocenters. The predicted octanol–water partition coefficient (Wildman–Crippen LogP) is 3.97. The van der Waals surface area contributed by atoms with Gasteiger partial charge < -0.3 is 19.8 Å². The first-order valence-corrected chi connectivity index (χ1v) is 10.3. The van der Waals surface area contributed by atoms with Crippen LogP contribution >= 0.6 is 0 Å². The summed E-state index contributed by atoms with van der Waals surface area (Å²) in [7, 11) is 0. The molecular weight excluding hydrogens is 420 g/mol. The highest BCUT2D eigenvalue weighted by atomic mass is 16.5. The van der Waals surface area contributed by atoms with Crippen LogP contribution in [0.15, 0.2) is 91.3 Å². The second-order valence-corrected chi connectivity index (χ2v) is 7.50. The number of pyridine rings is 1. The van der Waals surface area contributed by atoms with Crippen molar-refractivity contribution in [2.24, 2.45) is 0 Å². The molecule has 0 unspecified atom stereocenters. The fraction of sp³-hybridized carbons (Fsp3) is 0.115. The summed E-state index contributed by atoms with van der Waals surface area (Å²) in [6.07, 6.45) is 4.86. The summed E-state index contributed by atoms with van der Waals surface area (Å²) in [5.41, 5.74) is 1.69. The minimum atomic E-state index is -0.831. The fourth-order valence-corrected chi connectivity index (χ4v) is 3.75. The second-order valence-electron chi connectivity index (χ2n) is 7.50. The monoisotopic (exact) mass is 442 g/mol.